The first kappa shape index (κ1) is 19.8. The van der Waals surface area contributed by atoms with Gasteiger partial charge in [0.2, 0.25) is 0 Å². The lowest BCUT2D eigenvalue weighted by molar-refractivity contribution is -0.142. The number of ether oxygens (including phenoxy) is 1. The van der Waals surface area contributed by atoms with Crippen LogP contribution in [0.25, 0.3) is 22.5 Å². The fourth-order valence-electron chi connectivity index (χ4n) is 3.14. The van der Waals surface area contributed by atoms with Crippen molar-refractivity contribution in [2.75, 3.05) is 11.9 Å². The molecule has 1 amide bonds. The van der Waals surface area contributed by atoms with Gasteiger partial charge in [-0.15, -0.1) is 11.3 Å². The number of hydrogen-bond acceptors (Lipinski definition) is 8. The van der Waals surface area contributed by atoms with Gasteiger partial charge in [0.1, 0.15) is 5.69 Å². The van der Waals surface area contributed by atoms with Crippen LogP contribution in [0, 0.1) is 6.92 Å². The van der Waals surface area contributed by atoms with Crippen molar-refractivity contribution in [1.82, 2.24) is 19.7 Å². The Bertz CT molecular complexity index is 1230. The lowest BCUT2D eigenvalue weighted by atomic mass is 10.1. The Morgan fingerprint density at radius 2 is 2.17 bits per heavy atom. The molecule has 0 radical (unpaired) electrons. The maximum Gasteiger partial charge on any atom is 0.311 e. The molecule has 4 aromatic rings. The van der Waals surface area contributed by atoms with E-state index in [9.17, 15) is 9.59 Å². The molecule has 9 nitrogen and oxygen atoms in total. The molecule has 0 saturated carbocycles. The van der Waals surface area contributed by atoms with E-state index in [0.717, 1.165) is 0 Å². The van der Waals surface area contributed by atoms with Gasteiger partial charge in [-0.2, -0.15) is 5.10 Å². The van der Waals surface area contributed by atoms with Crippen molar-refractivity contribution in [3.05, 3.63) is 46.8 Å². The van der Waals surface area contributed by atoms with Gasteiger partial charge in [0.25, 0.3) is 5.91 Å². The SMILES string of the molecule is CCOC(=O)Cc1csc(NC(=O)c2cc(-c3ccco3)nc3c2c(C)nn3C)n1. The summed E-state index contributed by atoms with van der Waals surface area (Å²) in [5.41, 5.74) is 2.76. The topological polar surface area (TPSA) is 112 Å². The highest BCUT2D eigenvalue weighted by molar-refractivity contribution is 7.14. The van der Waals surface area contributed by atoms with Crippen LogP contribution in [0.15, 0.2) is 34.3 Å². The van der Waals surface area contributed by atoms with E-state index in [1.165, 1.54) is 11.3 Å². The summed E-state index contributed by atoms with van der Waals surface area (Å²) < 4.78 is 12.0. The van der Waals surface area contributed by atoms with Gasteiger partial charge in [-0.25, -0.2) is 9.97 Å². The van der Waals surface area contributed by atoms with Crippen LogP contribution in [-0.4, -0.2) is 38.2 Å². The van der Waals surface area contributed by atoms with Crippen molar-refractivity contribution < 1.29 is 18.7 Å². The van der Waals surface area contributed by atoms with E-state index in [1.54, 1.807) is 48.5 Å². The number of aryl methyl sites for hydroxylation is 2. The molecule has 0 fully saturated rings. The number of nitrogens with zero attached hydrogens (tertiary/aromatic N) is 4. The Kier molecular flexibility index (Phi) is 5.32. The van der Waals surface area contributed by atoms with Crippen LogP contribution in [0.3, 0.4) is 0 Å². The number of rotatable bonds is 6. The van der Waals surface area contributed by atoms with Crippen LogP contribution < -0.4 is 5.32 Å². The number of anilines is 1. The summed E-state index contributed by atoms with van der Waals surface area (Å²) in [5, 5.41) is 9.98. The summed E-state index contributed by atoms with van der Waals surface area (Å²) in [6.45, 7) is 3.89. The second kappa shape index (κ2) is 8.07. The molecule has 154 valence electrons. The van der Waals surface area contributed by atoms with E-state index in [-0.39, 0.29) is 18.3 Å². The maximum atomic E-state index is 13.1. The number of thiazole rings is 1. The second-order valence-electron chi connectivity index (χ2n) is 6.52. The van der Waals surface area contributed by atoms with Crippen LogP contribution in [0.2, 0.25) is 0 Å². The molecule has 0 aliphatic rings. The molecule has 0 saturated heterocycles. The molecule has 0 unspecified atom stereocenters. The third kappa shape index (κ3) is 3.81. The Morgan fingerprint density at radius 3 is 2.90 bits per heavy atom. The predicted octanol–water partition coefficient (Wildman–Crippen LogP) is 3.35. The quantitative estimate of drug-likeness (QED) is 0.471. The van der Waals surface area contributed by atoms with Crippen molar-refractivity contribution >= 4 is 39.4 Å². The van der Waals surface area contributed by atoms with Gasteiger partial charge in [-0.3, -0.25) is 19.6 Å². The van der Waals surface area contributed by atoms with Crippen LogP contribution >= 0.6 is 11.3 Å². The molecule has 4 rings (SSSR count). The minimum atomic E-state index is -0.356. The number of furan rings is 1. The number of fused-ring (bicyclic) bond motifs is 1. The summed E-state index contributed by atoms with van der Waals surface area (Å²) >= 11 is 1.24. The third-order valence-electron chi connectivity index (χ3n) is 4.39. The van der Waals surface area contributed by atoms with E-state index in [1.807, 2.05) is 6.92 Å². The molecule has 0 spiro atoms. The van der Waals surface area contributed by atoms with Gasteiger partial charge in [0.05, 0.1) is 41.6 Å². The molecule has 10 heteroatoms. The summed E-state index contributed by atoms with van der Waals surface area (Å²) in [5.74, 6) is -0.148. The van der Waals surface area contributed by atoms with Crippen molar-refractivity contribution in [2.24, 2.45) is 7.05 Å². The van der Waals surface area contributed by atoms with Crippen molar-refractivity contribution in [2.45, 2.75) is 20.3 Å². The highest BCUT2D eigenvalue weighted by Crippen LogP contribution is 2.28. The van der Waals surface area contributed by atoms with E-state index in [2.05, 4.69) is 20.4 Å². The highest BCUT2D eigenvalue weighted by atomic mass is 32.1. The molecule has 4 heterocycles. The van der Waals surface area contributed by atoms with Crippen LogP contribution in [0.1, 0.15) is 28.7 Å². The molecule has 0 aromatic carbocycles. The predicted molar refractivity (Wildman–Crippen MR) is 111 cm³/mol. The van der Waals surface area contributed by atoms with E-state index >= 15 is 0 Å². The highest BCUT2D eigenvalue weighted by Gasteiger charge is 2.21. The monoisotopic (exact) mass is 425 g/mol. The Balaban J connectivity index is 1.66. The fraction of sp³-hybridized carbons (Fsp3) is 0.250. The van der Waals surface area contributed by atoms with Gasteiger partial charge in [0.15, 0.2) is 16.5 Å². The number of carbonyl (C=O) groups excluding carboxylic acids is 2. The van der Waals surface area contributed by atoms with Gasteiger partial charge in [0, 0.05) is 12.4 Å². The molecular weight excluding hydrogens is 406 g/mol. The number of pyridine rings is 1. The second-order valence-corrected chi connectivity index (χ2v) is 7.38. The normalized spacial score (nSPS) is 11.0. The third-order valence-corrected chi connectivity index (χ3v) is 5.20. The van der Waals surface area contributed by atoms with Gasteiger partial charge < -0.3 is 9.15 Å². The molecule has 4 aromatic heterocycles. The number of esters is 1. The molecule has 0 bridgehead atoms. The Hall–Kier alpha value is -3.53. The first-order valence-electron chi connectivity index (χ1n) is 9.26. The summed E-state index contributed by atoms with van der Waals surface area (Å²) in [6, 6.07) is 5.22. The zero-order valence-corrected chi connectivity index (χ0v) is 17.4. The van der Waals surface area contributed by atoms with E-state index in [4.69, 9.17) is 9.15 Å². The van der Waals surface area contributed by atoms with Crippen LogP contribution in [0.5, 0.6) is 0 Å². The molecule has 30 heavy (non-hydrogen) atoms. The zero-order chi connectivity index (χ0) is 21.3. The molecule has 1 N–H and O–H groups in total. The fourth-order valence-corrected chi connectivity index (χ4v) is 3.85. The van der Waals surface area contributed by atoms with E-state index in [0.29, 0.717) is 51.2 Å². The minimum Gasteiger partial charge on any atom is -0.466 e. The standard InChI is InChI=1S/C20H19N5O4S/c1-4-28-16(26)8-12-10-30-20(21-12)23-19(27)13-9-14(15-6-5-7-29-15)22-18-17(13)11(2)24-25(18)3/h5-7,9-10H,4,8H2,1-3H3,(H,21,23,27). The average Bonchev–Trinajstić information content (AvgIpc) is 3.44. The van der Waals surface area contributed by atoms with Crippen molar-refractivity contribution in [3.8, 4) is 11.5 Å². The van der Waals surface area contributed by atoms with Gasteiger partial charge in [-0.1, -0.05) is 0 Å². The Morgan fingerprint density at radius 1 is 1.33 bits per heavy atom. The summed E-state index contributed by atoms with van der Waals surface area (Å²) in [7, 11) is 1.78. The first-order chi connectivity index (χ1) is 14.5. The maximum absolute atomic E-state index is 13.1. The number of nitrogens with one attached hydrogen (secondary N) is 1. The Labute approximate surface area is 175 Å². The molecule has 0 aliphatic heterocycles. The molecule has 0 atom stereocenters. The van der Waals surface area contributed by atoms with Crippen LogP contribution in [-0.2, 0) is 23.0 Å². The van der Waals surface area contributed by atoms with Gasteiger partial charge in [-0.05, 0) is 32.0 Å². The number of aromatic nitrogens is 4. The van der Waals surface area contributed by atoms with E-state index < -0.39 is 0 Å². The largest absolute Gasteiger partial charge is 0.466 e. The first-order valence-corrected chi connectivity index (χ1v) is 10.1. The molecular formula is C20H19N5O4S. The average molecular weight is 425 g/mol. The smallest absolute Gasteiger partial charge is 0.311 e. The summed E-state index contributed by atoms with van der Waals surface area (Å²) in [6.07, 6.45) is 1.61. The zero-order valence-electron chi connectivity index (χ0n) is 16.6. The number of amides is 1. The van der Waals surface area contributed by atoms with Crippen molar-refractivity contribution in [3.63, 3.8) is 0 Å². The van der Waals surface area contributed by atoms with Crippen LogP contribution in [0.4, 0.5) is 5.13 Å². The number of hydrogen-bond donors (Lipinski definition) is 1. The van der Waals surface area contributed by atoms with Gasteiger partial charge >= 0.3 is 5.97 Å². The number of carbonyl (C=O) groups is 2. The minimum absolute atomic E-state index is 0.0596. The lowest BCUT2D eigenvalue weighted by Crippen LogP contribution is -2.13. The lowest BCUT2D eigenvalue weighted by Gasteiger charge is -2.07. The summed E-state index contributed by atoms with van der Waals surface area (Å²) in [4.78, 5) is 33.7. The van der Waals surface area contributed by atoms with Crippen molar-refractivity contribution in [1.29, 1.82) is 0 Å². The molecule has 0 aliphatic carbocycles.